The van der Waals surface area contributed by atoms with Gasteiger partial charge in [0, 0.05) is 0 Å². The van der Waals surface area contributed by atoms with Crippen molar-refractivity contribution in [2.75, 3.05) is 0 Å². The van der Waals surface area contributed by atoms with Crippen LogP contribution in [0.4, 0.5) is 0 Å². The van der Waals surface area contributed by atoms with Gasteiger partial charge in [0.15, 0.2) is 0 Å². The summed E-state index contributed by atoms with van der Waals surface area (Å²) in [5.74, 6) is -1.01. The topological polar surface area (TPSA) is 57.5 Å². The van der Waals surface area contributed by atoms with Crippen LogP contribution in [-0.4, -0.2) is 21.8 Å². The lowest BCUT2D eigenvalue weighted by atomic mass is 9.72. The van der Waals surface area contributed by atoms with Crippen molar-refractivity contribution in [3.05, 3.63) is 35.9 Å². The van der Waals surface area contributed by atoms with Gasteiger partial charge in [-0.25, -0.2) is 0 Å². The van der Waals surface area contributed by atoms with Gasteiger partial charge in [-0.05, 0) is 43.1 Å². The van der Waals surface area contributed by atoms with Gasteiger partial charge in [0.2, 0.25) is 0 Å². The minimum Gasteiger partial charge on any atom is -0.481 e. The van der Waals surface area contributed by atoms with Crippen molar-refractivity contribution >= 4 is 5.97 Å². The van der Waals surface area contributed by atoms with Crippen LogP contribution in [0.15, 0.2) is 30.3 Å². The molecule has 0 amide bonds. The second-order valence-corrected chi connectivity index (χ2v) is 5.75. The maximum absolute atomic E-state index is 11.6. The summed E-state index contributed by atoms with van der Waals surface area (Å²) in [6.07, 6.45) is 3.75. The van der Waals surface area contributed by atoms with Gasteiger partial charge in [0.05, 0.1) is 5.60 Å². The molecule has 1 aromatic carbocycles. The molecule has 2 N–H and O–H groups in total. The van der Waals surface area contributed by atoms with Crippen LogP contribution >= 0.6 is 0 Å². The maximum atomic E-state index is 11.6. The number of rotatable bonds is 3. The van der Waals surface area contributed by atoms with Crippen molar-refractivity contribution in [3.8, 4) is 0 Å². The highest BCUT2D eigenvalue weighted by Gasteiger charge is 2.56. The van der Waals surface area contributed by atoms with E-state index >= 15 is 0 Å². The van der Waals surface area contributed by atoms with Crippen molar-refractivity contribution in [2.24, 2.45) is 11.8 Å². The number of carboxylic acids is 1. The van der Waals surface area contributed by atoms with Gasteiger partial charge in [-0.15, -0.1) is 0 Å². The molecule has 3 rings (SSSR count). The normalized spacial score (nSPS) is 35.6. The minimum absolute atomic E-state index is 0.156. The van der Waals surface area contributed by atoms with Gasteiger partial charge in [-0.3, -0.25) is 4.79 Å². The number of fused-ring (bicyclic) bond motifs is 2. The second-order valence-electron chi connectivity index (χ2n) is 5.75. The first-order valence-electron chi connectivity index (χ1n) is 6.61. The summed E-state index contributed by atoms with van der Waals surface area (Å²) < 4.78 is 0. The zero-order valence-corrected chi connectivity index (χ0v) is 10.2. The van der Waals surface area contributed by atoms with E-state index in [0.29, 0.717) is 12.3 Å². The Kier molecular flexibility index (Phi) is 2.67. The lowest BCUT2D eigenvalue weighted by molar-refractivity contribution is -0.149. The Balaban J connectivity index is 1.98. The molecule has 0 radical (unpaired) electrons. The molecule has 2 aliphatic carbocycles. The molecule has 2 bridgehead atoms. The fraction of sp³-hybridized carbons (Fsp3) is 0.533. The largest absolute Gasteiger partial charge is 0.481 e. The number of benzene rings is 1. The first kappa shape index (κ1) is 11.7. The molecule has 4 atom stereocenters. The highest BCUT2D eigenvalue weighted by atomic mass is 16.4. The third-order valence-electron chi connectivity index (χ3n) is 4.74. The van der Waals surface area contributed by atoms with Crippen LogP contribution in [0, 0.1) is 11.8 Å². The van der Waals surface area contributed by atoms with Crippen molar-refractivity contribution in [1.82, 2.24) is 0 Å². The molecule has 3 heteroatoms. The molecule has 3 nitrogen and oxygen atoms in total. The highest BCUT2D eigenvalue weighted by molar-refractivity contribution is 5.78. The zero-order valence-electron chi connectivity index (χ0n) is 10.2. The summed E-state index contributed by atoms with van der Waals surface area (Å²) in [6.45, 7) is 0. The Labute approximate surface area is 106 Å². The van der Waals surface area contributed by atoms with Crippen LogP contribution < -0.4 is 0 Å². The molecule has 0 saturated heterocycles. The molecule has 96 valence electrons. The Morgan fingerprint density at radius 2 is 2.00 bits per heavy atom. The first-order valence-corrected chi connectivity index (χ1v) is 6.61. The predicted molar refractivity (Wildman–Crippen MR) is 67.2 cm³/mol. The van der Waals surface area contributed by atoms with Crippen molar-refractivity contribution in [3.63, 3.8) is 0 Å². The average molecular weight is 246 g/mol. The minimum atomic E-state index is -1.05. The monoisotopic (exact) mass is 246 g/mol. The van der Waals surface area contributed by atoms with Crippen LogP contribution in [0.1, 0.15) is 37.2 Å². The van der Waals surface area contributed by atoms with E-state index in [1.54, 1.807) is 0 Å². The molecule has 0 spiro atoms. The summed E-state index contributed by atoms with van der Waals surface area (Å²) in [7, 11) is 0. The summed E-state index contributed by atoms with van der Waals surface area (Å²) in [6, 6.07) is 9.16. The number of carbonyl (C=O) groups is 1. The molecule has 0 aliphatic heterocycles. The predicted octanol–water partition coefficient (Wildman–Crippen LogP) is 2.41. The molecule has 18 heavy (non-hydrogen) atoms. The van der Waals surface area contributed by atoms with Crippen molar-refractivity contribution in [1.29, 1.82) is 0 Å². The Hall–Kier alpha value is -1.35. The van der Waals surface area contributed by atoms with E-state index in [0.717, 1.165) is 24.8 Å². The van der Waals surface area contributed by atoms with E-state index in [4.69, 9.17) is 0 Å². The summed E-state index contributed by atoms with van der Waals surface area (Å²) in [4.78, 5) is 11.6. The Bertz CT molecular complexity index is 456. The fourth-order valence-corrected chi connectivity index (χ4v) is 3.99. The Morgan fingerprint density at radius 1 is 1.28 bits per heavy atom. The molecule has 2 saturated carbocycles. The van der Waals surface area contributed by atoms with Gasteiger partial charge in [-0.1, -0.05) is 30.3 Å². The van der Waals surface area contributed by atoms with Crippen LogP contribution in [0.3, 0.4) is 0 Å². The SMILES string of the molecule is O=C(O)[C@@H](c1ccccc1)[C@]1(O)C[C@@H]2CC[C@@H]1C2. The van der Waals surface area contributed by atoms with Crippen LogP contribution in [0.5, 0.6) is 0 Å². The van der Waals surface area contributed by atoms with Crippen LogP contribution in [0.2, 0.25) is 0 Å². The van der Waals surface area contributed by atoms with E-state index < -0.39 is 17.5 Å². The van der Waals surface area contributed by atoms with E-state index in [1.165, 1.54) is 0 Å². The lowest BCUT2D eigenvalue weighted by Crippen LogP contribution is -2.45. The van der Waals surface area contributed by atoms with Crippen molar-refractivity contribution < 1.29 is 15.0 Å². The quantitative estimate of drug-likeness (QED) is 0.861. The fourth-order valence-electron chi connectivity index (χ4n) is 3.99. The lowest BCUT2D eigenvalue weighted by Gasteiger charge is -2.37. The first-order chi connectivity index (χ1) is 8.61. The van der Waals surface area contributed by atoms with Gasteiger partial charge in [-0.2, -0.15) is 0 Å². The zero-order chi connectivity index (χ0) is 12.8. The number of hydrogen-bond acceptors (Lipinski definition) is 2. The number of aliphatic carboxylic acids is 1. The molecule has 2 fully saturated rings. The number of carboxylic acid groups (broad SMARTS) is 1. The number of hydrogen-bond donors (Lipinski definition) is 2. The van der Waals surface area contributed by atoms with E-state index in [-0.39, 0.29) is 5.92 Å². The molecule has 0 heterocycles. The van der Waals surface area contributed by atoms with E-state index in [1.807, 2.05) is 30.3 Å². The van der Waals surface area contributed by atoms with Crippen molar-refractivity contribution in [2.45, 2.75) is 37.2 Å². The van der Waals surface area contributed by atoms with Gasteiger partial charge >= 0.3 is 5.97 Å². The van der Waals surface area contributed by atoms with E-state index in [9.17, 15) is 15.0 Å². The van der Waals surface area contributed by atoms with E-state index in [2.05, 4.69) is 0 Å². The molecule has 1 aromatic rings. The van der Waals surface area contributed by atoms with Crippen LogP contribution in [0.25, 0.3) is 0 Å². The summed E-state index contributed by atoms with van der Waals surface area (Å²) in [5, 5.41) is 20.4. The summed E-state index contributed by atoms with van der Waals surface area (Å²) >= 11 is 0. The standard InChI is InChI=1S/C15H18O3/c16-14(17)13(11-4-2-1-3-5-11)15(18)9-10-6-7-12(15)8-10/h1-5,10,12-13,18H,6-9H2,(H,16,17)/t10-,12-,13-,15+/m1/s1. The van der Waals surface area contributed by atoms with Gasteiger partial charge < -0.3 is 10.2 Å². The molecular weight excluding hydrogens is 228 g/mol. The second kappa shape index (κ2) is 4.09. The smallest absolute Gasteiger partial charge is 0.313 e. The average Bonchev–Trinajstić information content (AvgIpc) is 2.89. The van der Waals surface area contributed by atoms with Crippen LogP contribution in [-0.2, 0) is 4.79 Å². The number of aliphatic hydroxyl groups is 1. The maximum Gasteiger partial charge on any atom is 0.313 e. The summed E-state index contributed by atoms with van der Waals surface area (Å²) in [5.41, 5.74) is -0.323. The van der Waals surface area contributed by atoms with Gasteiger partial charge in [0.25, 0.3) is 0 Å². The highest BCUT2D eigenvalue weighted by Crippen LogP contribution is 2.55. The molecule has 2 aliphatic rings. The molecule has 0 unspecified atom stereocenters. The third kappa shape index (κ3) is 1.65. The molecule has 0 aromatic heterocycles. The Morgan fingerprint density at radius 3 is 2.50 bits per heavy atom. The molecular formula is C15H18O3. The third-order valence-corrected chi connectivity index (χ3v) is 4.74. The van der Waals surface area contributed by atoms with Gasteiger partial charge in [0.1, 0.15) is 5.92 Å².